The summed E-state index contributed by atoms with van der Waals surface area (Å²) in [5.74, 6) is 0. The van der Waals surface area contributed by atoms with E-state index in [0.717, 1.165) is 19.5 Å². The van der Waals surface area contributed by atoms with E-state index in [0.29, 0.717) is 0 Å². The molecule has 1 aromatic carbocycles. The minimum absolute atomic E-state index is 0. The Balaban J connectivity index is 0.00000200. The van der Waals surface area contributed by atoms with E-state index < -0.39 is 0 Å². The van der Waals surface area contributed by atoms with Gasteiger partial charge in [0.2, 0.25) is 0 Å². The first-order chi connectivity index (χ1) is 9.38. The number of piperidine rings is 1. The Morgan fingerprint density at radius 1 is 1.16 bits per heavy atom. The number of rotatable bonds is 7. The van der Waals surface area contributed by atoms with Crippen LogP contribution >= 0.6 is 0 Å². The summed E-state index contributed by atoms with van der Waals surface area (Å²) in [6.45, 7) is 8.25. The summed E-state index contributed by atoms with van der Waals surface area (Å²) >= 11 is 0. The lowest BCUT2D eigenvalue weighted by Crippen LogP contribution is -2.32. The number of nitrogens with zero attached hydrogens (tertiary/aromatic N) is 1. The van der Waals surface area contributed by atoms with Gasteiger partial charge in [0, 0.05) is 7.97 Å². The number of hydrogen-bond acceptors (Lipinski definition) is 2. The zero-order valence-corrected chi connectivity index (χ0v) is 12.3. The van der Waals surface area contributed by atoms with E-state index >= 15 is 0 Å². The standard InChI is InChI=1S/C17H28N2.H2/c1-2-16-8-6-9-17(14-16)15-18-10-7-13-19-11-4-3-5-12-19;/h6,8-9,14,18H,2-5,7,10-13,15H2,1H3;1H. The van der Waals surface area contributed by atoms with Gasteiger partial charge < -0.3 is 10.2 Å². The minimum Gasteiger partial charge on any atom is -0.313 e. The normalized spacial score (nSPS) is 16.7. The van der Waals surface area contributed by atoms with Gasteiger partial charge in [-0.3, -0.25) is 0 Å². The maximum absolute atomic E-state index is 3.57. The summed E-state index contributed by atoms with van der Waals surface area (Å²) < 4.78 is 0. The van der Waals surface area contributed by atoms with E-state index in [4.69, 9.17) is 0 Å². The lowest BCUT2D eigenvalue weighted by molar-refractivity contribution is 0.225. The van der Waals surface area contributed by atoms with Crippen molar-refractivity contribution in [2.24, 2.45) is 0 Å². The smallest absolute Gasteiger partial charge is 0.0205 e. The van der Waals surface area contributed by atoms with Gasteiger partial charge in [-0.1, -0.05) is 37.6 Å². The quantitative estimate of drug-likeness (QED) is 0.757. The van der Waals surface area contributed by atoms with Gasteiger partial charge >= 0.3 is 0 Å². The molecule has 0 saturated carbocycles. The monoisotopic (exact) mass is 262 g/mol. The molecule has 1 N–H and O–H groups in total. The Bertz CT molecular complexity index is 362. The molecule has 2 rings (SSSR count). The highest BCUT2D eigenvalue weighted by molar-refractivity contribution is 5.23. The van der Waals surface area contributed by atoms with E-state index in [9.17, 15) is 0 Å². The zero-order valence-electron chi connectivity index (χ0n) is 12.3. The van der Waals surface area contributed by atoms with Crippen LogP contribution < -0.4 is 5.32 Å². The van der Waals surface area contributed by atoms with Crippen LogP contribution in [0.5, 0.6) is 0 Å². The molecule has 1 heterocycles. The highest BCUT2D eigenvalue weighted by atomic mass is 15.1. The van der Waals surface area contributed by atoms with Crippen LogP contribution in [0.15, 0.2) is 24.3 Å². The molecule has 0 bridgehead atoms. The summed E-state index contributed by atoms with van der Waals surface area (Å²) in [4.78, 5) is 2.61. The molecule has 2 heteroatoms. The number of nitrogens with one attached hydrogen (secondary N) is 1. The van der Waals surface area contributed by atoms with Gasteiger partial charge in [-0.05, 0) is 63.0 Å². The second-order valence-electron chi connectivity index (χ2n) is 5.61. The Labute approximate surface area is 119 Å². The van der Waals surface area contributed by atoms with Gasteiger partial charge in [0.15, 0.2) is 0 Å². The van der Waals surface area contributed by atoms with E-state index in [1.165, 1.54) is 56.4 Å². The summed E-state index contributed by atoms with van der Waals surface area (Å²) in [6, 6.07) is 8.91. The Morgan fingerprint density at radius 2 is 1.95 bits per heavy atom. The molecule has 0 atom stereocenters. The molecule has 0 spiro atoms. The van der Waals surface area contributed by atoms with Crippen LogP contribution in [-0.4, -0.2) is 31.1 Å². The zero-order chi connectivity index (χ0) is 13.3. The number of hydrogen-bond donors (Lipinski definition) is 1. The third kappa shape index (κ3) is 5.33. The van der Waals surface area contributed by atoms with Gasteiger partial charge in [0.1, 0.15) is 0 Å². The molecule has 0 amide bonds. The van der Waals surface area contributed by atoms with Gasteiger partial charge in [-0.25, -0.2) is 0 Å². The SMILES string of the molecule is CCc1cccc(CNCCCN2CCCCC2)c1.[HH]. The summed E-state index contributed by atoms with van der Waals surface area (Å²) in [6.07, 6.45) is 6.63. The molecule has 0 unspecified atom stereocenters. The minimum atomic E-state index is 0. The lowest BCUT2D eigenvalue weighted by Gasteiger charge is -2.26. The molecular weight excluding hydrogens is 232 g/mol. The van der Waals surface area contributed by atoms with Gasteiger partial charge in [-0.2, -0.15) is 0 Å². The molecule has 0 radical (unpaired) electrons. The van der Waals surface area contributed by atoms with Crippen molar-refractivity contribution in [3.63, 3.8) is 0 Å². The first kappa shape index (κ1) is 14.5. The van der Waals surface area contributed by atoms with Crippen LogP contribution in [0, 0.1) is 0 Å². The van der Waals surface area contributed by atoms with Crippen molar-refractivity contribution >= 4 is 0 Å². The first-order valence-electron chi connectivity index (χ1n) is 7.89. The van der Waals surface area contributed by atoms with Gasteiger partial charge in [0.05, 0.1) is 0 Å². The van der Waals surface area contributed by atoms with Crippen molar-refractivity contribution in [3.05, 3.63) is 35.4 Å². The molecule has 0 aliphatic carbocycles. The van der Waals surface area contributed by atoms with Crippen LogP contribution in [-0.2, 0) is 13.0 Å². The summed E-state index contributed by atoms with van der Waals surface area (Å²) in [7, 11) is 0. The topological polar surface area (TPSA) is 15.3 Å². The van der Waals surface area contributed by atoms with Crippen LogP contribution in [0.25, 0.3) is 0 Å². The number of benzene rings is 1. The maximum Gasteiger partial charge on any atom is 0.0205 e. The van der Waals surface area contributed by atoms with Crippen molar-refractivity contribution in [2.75, 3.05) is 26.2 Å². The first-order valence-corrected chi connectivity index (χ1v) is 7.89. The highest BCUT2D eigenvalue weighted by Gasteiger charge is 2.08. The molecule has 2 nitrogen and oxygen atoms in total. The second kappa shape index (κ2) is 8.34. The fraction of sp³-hybridized carbons (Fsp3) is 0.647. The van der Waals surface area contributed by atoms with E-state index in [2.05, 4.69) is 41.4 Å². The maximum atomic E-state index is 3.57. The van der Waals surface area contributed by atoms with Crippen molar-refractivity contribution in [2.45, 2.75) is 45.6 Å². The predicted octanol–water partition coefficient (Wildman–Crippen LogP) is 3.46. The van der Waals surface area contributed by atoms with Crippen molar-refractivity contribution in [1.29, 1.82) is 0 Å². The molecule has 108 valence electrons. The van der Waals surface area contributed by atoms with Crippen LogP contribution in [0.1, 0.15) is 45.2 Å². The van der Waals surface area contributed by atoms with Crippen molar-refractivity contribution in [1.82, 2.24) is 10.2 Å². The molecular formula is C17H30N2. The van der Waals surface area contributed by atoms with E-state index in [-0.39, 0.29) is 1.43 Å². The lowest BCUT2D eigenvalue weighted by atomic mass is 10.1. The molecule has 1 aliphatic rings. The summed E-state index contributed by atoms with van der Waals surface area (Å²) in [5.41, 5.74) is 2.85. The third-order valence-corrected chi connectivity index (χ3v) is 4.01. The van der Waals surface area contributed by atoms with Gasteiger partial charge in [0.25, 0.3) is 0 Å². The second-order valence-corrected chi connectivity index (χ2v) is 5.61. The fourth-order valence-corrected chi connectivity index (χ4v) is 2.80. The Hall–Kier alpha value is -0.860. The van der Waals surface area contributed by atoms with Gasteiger partial charge in [-0.15, -0.1) is 0 Å². The van der Waals surface area contributed by atoms with Crippen molar-refractivity contribution < 1.29 is 1.43 Å². The predicted molar refractivity (Wildman–Crippen MR) is 84.5 cm³/mol. The molecule has 1 fully saturated rings. The Morgan fingerprint density at radius 3 is 2.74 bits per heavy atom. The highest BCUT2D eigenvalue weighted by Crippen LogP contribution is 2.08. The molecule has 1 aromatic rings. The molecule has 19 heavy (non-hydrogen) atoms. The van der Waals surface area contributed by atoms with Crippen LogP contribution in [0.3, 0.4) is 0 Å². The average Bonchev–Trinajstić information content (AvgIpc) is 2.48. The molecule has 0 aromatic heterocycles. The van der Waals surface area contributed by atoms with Crippen LogP contribution in [0.4, 0.5) is 0 Å². The summed E-state index contributed by atoms with van der Waals surface area (Å²) in [5, 5.41) is 3.57. The van der Waals surface area contributed by atoms with E-state index in [1.807, 2.05) is 0 Å². The molecule has 1 aliphatic heterocycles. The largest absolute Gasteiger partial charge is 0.313 e. The van der Waals surface area contributed by atoms with Crippen molar-refractivity contribution in [3.8, 4) is 0 Å². The van der Waals surface area contributed by atoms with Crippen LogP contribution in [0.2, 0.25) is 0 Å². The fourth-order valence-electron chi connectivity index (χ4n) is 2.80. The molecule has 1 saturated heterocycles. The van der Waals surface area contributed by atoms with E-state index in [1.54, 1.807) is 0 Å². The Kier molecular flexibility index (Phi) is 6.38. The number of likely N-dealkylation sites (tertiary alicyclic amines) is 1. The average molecular weight is 262 g/mol. The third-order valence-electron chi connectivity index (χ3n) is 4.01. The number of aryl methyl sites for hydroxylation is 1.